The van der Waals surface area contributed by atoms with Gasteiger partial charge < -0.3 is 19.8 Å². The number of benzene rings is 1. The van der Waals surface area contributed by atoms with Crippen LogP contribution in [0.3, 0.4) is 0 Å². The monoisotopic (exact) mass is 274 g/mol. The molecule has 20 heavy (non-hydrogen) atoms. The Morgan fingerprint density at radius 1 is 1.30 bits per heavy atom. The number of nitrogen functional groups attached to an aromatic ring is 1. The van der Waals surface area contributed by atoms with E-state index in [4.69, 9.17) is 15.2 Å². The van der Waals surface area contributed by atoms with Crippen LogP contribution in [-0.4, -0.2) is 24.3 Å². The molecule has 0 unspecified atom stereocenters. The lowest BCUT2D eigenvalue weighted by molar-refractivity contribution is 0.0527. The predicted octanol–water partition coefficient (Wildman–Crippen LogP) is 2.55. The second-order valence-electron chi connectivity index (χ2n) is 4.34. The van der Waals surface area contributed by atoms with Crippen LogP contribution in [0.2, 0.25) is 0 Å². The van der Waals surface area contributed by atoms with Gasteiger partial charge in [-0.1, -0.05) is 0 Å². The van der Waals surface area contributed by atoms with Crippen molar-refractivity contribution in [3.8, 4) is 11.4 Å². The first-order chi connectivity index (χ1) is 9.58. The summed E-state index contributed by atoms with van der Waals surface area (Å²) in [7, 11) is 1.61. The summed E-state index contributed by atoms with van der Waals surface area (Å²) in [5.74, 6) is 0.745. The second-order valence-corrected chi connectivity index (χ2v) is 4.34. The van der Waals surface area contributed by atoms with Gasteiger partial charge in [0.25, 0.3) is 0 Å². The molecule has 0 saturated carbocycles. The van der Waals surface area contributed by atoms with Crippen molar-refractivity contribution >= 4 is 11.8 Å². The van der Waals surface area contributed by atoms with Crippen molar-refractivity contribution < 1.29 is 14.3 Å². The summed E-state index contributed by atoms with van der Waals surface area (Å²) in [6.45, 7) is 3.98. The summed E-state index contributed by atoms with van der Waals surface area (Å²) in [6.07, 6.45) is 0. The maximum absolute atomic E-state index is 11.8. The molecular formula is C15H18N2O3. The van der Waals surface area contributed by atoms with Gasteiger partial charge in [-0.05, 0) is 44.2 Å². The third-order valence-corrected chi connectivity index (χ3v) is 3.05. The van der Waals surface area contributed by atoms with Crippen molar-refractivity contribution in [2.75, 3.05) is 19.5 Å². The van der Waals surface area contributed by atoms with E-state index in [1.165, 1.54) is 0 Å². The van der Waals surface area contributed by atoms with Crippen molar-refractivity contribution in [1.82, 2.24) is 4.57 Å². The van der Waals surface area contributed by atoms with Crippen LogP contribution >= 0.6 is 0 Å². The summed E-state index contributed by atoms with van der Waals surface area (Å²) in [5.41, 5.74) is 8.20. The van der Waals surface area contributed by atoms with Crippen LogP contribution in [0.5, 0.6) is 5.75 Å². The number of anilines is 1. The Bertz CT molecular complexity index is 615. The SMILES string of the molecule is CCOC(=O)c1cc(C)n(-c2ccc(OC)cc2)c1N. The Balaban J connectivity index is 2.43. The second kappa shape index (κ2) is 5.69. The van der Waals surface area contributed by atoms with Gasteiger partial charge in [0.1, 0.15) is 17.1 Å². The molecule has 2 N–H and O–H groups in total. The summed E-state index contributed by atoms with van der Waals surface area (Å²) in [5, 5.41) is 0. The topological polar surface area (TPSA) is 66.5 Å². The number of aromatic nitrogens is 1. The molecule has 0 spiro atoms. The van der Waals surface area contributed by atoms with Gasteiger partial charge in [-0.2, -0.15) is 0 Å². The predicted molar refractivity (Wildman–Crippen MR) is 77.4 cm³/mol. The molecule has 5 heteroatoms. The molecule has 1 aromatic carbocycles. The van der Waals surface area contributed by atoms with Gasteiger partial charge in [-0.3, -0.25) is 0 Å². The van der Waals surface area contributed by atoms with Crippen molar-refractivity contribution in [2.45, 2.75) is 13.8 Å². The average Bonchev–Trinajstić information content (AvgIpc) is 2.75. The molecule has 0 bridgehead atoms. The molecule has 1 heterocycles. The van der Waals surface area contributed by atoms with Crippen LogP contribution in [0.25, 0.3) is 5.69 Å². The molecule has 1 aromatic heterocycles. The third kappa shape index (κ3) is 2.47. The maximum Gasteiger partial charge on any atom is 0.341 e. The molecule has 2 aromatic rings. The minimum Gasteiger partial charge on any atom is -0.497 e. The quantitative estimate of drug-likeness (QED) is 0.870. The highest BCUT2D eigenvalue weighted by atomic mass is 16.5. The van der Waals surface area contributed by atoms with E-state index in [0.29, 0.717) is 18.0 Å². The standard InChI is InChI=1S/C15H18N2O3/c1-4-20-15(18)13-9-10(2)17(14(13)16)11-5-7-12(19-3)8-6-11/h5-9H,4,16H2,1-3H3. The van der Waals surface area contributed by atoms with Crippen molar-refractivity contribution in [1.29, 1.82) is 0 Å². The number of methoxy groups -OCH3 is 1. The van der Waals surface area contributed by atoms with E-state index in [2.05, 4.69) is 0 Å². The fraction of sp³-hybridized carbons (Fsp3) is 0.267. The molecule has 0 fully saturated rings. The molecule has 0 aliphatic carbocycles. The largest absolute Gasteiger partial charge is 0.497 e. The Morgan fingerprint density at radius 3 is 2.50 bits per heavy atom. The minimum absolute atomic E-state index is 0.324. The van der Waals surface area contributed by atoms with Crippen LogP contribution in [0, 0.1) is 6.92 Å². The van der Waals surface area contributed by atoms with E-state index in [1.807, 2.05) is 35.8 Å². The summed E-state index contributed by atoms with van der Waals surface area (Å²) >= 11 is 0. The molecule has 106 valence electrons. The van der Waals surface area contributed by atoms with Crippen LogP contribution in [0.1, 0.15) is 23.0 Å². The molecule has 0 atom stereocenters. The molecule has 2 rings (SSSR count). The van der Waals surface area contributed by atoms with Gasteiger partial charge >= 0.3 is 5.97 Å². The highest BCUT2D eigenvalue weighted by Crippen LogP contribution is 2.25. The van der Waals surface area contributed by atoms with E-state index >= 15 is 0 Å². The van der Waals surface area contributed by atoms with E-state index in [9.17, 15) is 4.79 Å². The highest BCUT2D eigenvalue weighted by Gasteiger charge is 2.18. The van der Waals surface area contributed by atoms with Crippen LogP contribution < -0.4 is 10.5 Å². The van der Waals surface area contributed by atoms with Gasteiger partial charge in [0, 0.05) is 11.4 Å². The van der Waals surface area contributed by atoms with Crippen LogP contribution in [0.4, 0.5) is 5.82 Å². The van der Waals surface area contributed by atoms with Crippen LogP contribution in [0.15, 0.2) is 30.3 Å². The van der Waals surface area contributed by atoms with E-state index in [-0.39, 0.29) is 0 Å². The number of hydrogen-bond donors (Lipinski definition) is 1. The maximum atomic E-state index is 11.8. The zero-order valence-corrected chi connectivity index (χ0v) is 11.8. The summed E-state index contributed by atoms with van der Waals surface area (Å²) in [6, 6.07) is 9.20. The molecule has 5 nitrogen and oxygen atoms in total. The molecule has 0 amide bonds. The zero-order chi connectivity index (χ0) is 14.7. The normalized spacial score (nSPS) is 10.3. The summed E-state index contributed by atoms with van der Waals surface area (Å²) in [4.78, 5) is 11.8. The average molecular weight is 274 g/mol. The van der Waals surface area contributed by atoms with E-state index in [0.717, 1.165) is 17.1 Å². The first kappa shape index (κ1) is 14.0. The van der Waals surface area contributed by atoms with Gasteiger partial charge in [0.2, 0.25) is 0 Å². The fourth-order valence-corrected chi connectivity index (χ4v) is 2.10. The number of nitrogens with two attached hydrogens (primary N) is 1. The third-order valence-electron chi connectivity index (χ3n) is 3.05. The number of nitrogens with zero attached hydrogens (tertiary/aromatic N) is 1. The fourth-order valence-electron chi connectivity index (χ4n) is 2.10. The highest BCUT2D eigenvalue weighted by molar-refractivity contribution is 5.95. The lowest BCUT2D eigenvalue weighted by Crippen LogP contribution is -2.08. The molecule has 0 radical (unpaired) electrons. The van der Waals surface area contributed by atoms with Gasteiger partial charge in [-0.15, -0.1) is 0 Å². The van der Waals surface area contributed by atoms with Gasteiger partial charge in [0.05, 0.1) is 13.7 Å². The smallest absolute Gasteiger partial charge is 0.341 e. The Kier molecular flexibility index (Phi) is 3.98. The molecule has 0 aliphatic rings. The lowest BCUT2D eigenvalue weighted by Gasteiger charge is -2.10. The first-order valence-electron chi connectivity index (χ1n) is 6.37. The first-order valence-corrected chi connectivity index (χ1v) is 6.37. The Morgan fingerprint density at radius 2 is 1.95 bits per heavy atom. The van der Waals surface area contributed by atoms with Gasteiger partial charge in [0.15, 0.2) is 0 Å². The van der Waals surface area contributed by atoms with Crippen molar-refractivity contribution in [2.24, 2.45) is 0 Å². The van der Waals surface area contributed by atoms with E-state index in [1.54, 1.807) is 20.1 Å². The number of carbonyl (C=O) groups is 1. The van der Waals surface area contributed by atoms with Crippen molar-refractivity contribution in [3.05, 3.63) is 41.6 Å². The lowest BCUT2D eigenvalue weighted by atomic mass is 10.3. The minimum atomic E-state index is -0.402. The number of ether oxygens (including phenoxy) is 2. The Hall–Kier alpha value is -2.43. The molecular weight excluding hydrogens is 256 g/mol. The van der Waals surface area contributed by atoms with Crippen molar-refractivity contribution in [3.63, 3.8) is 0 Å². The van der Waals surface area contributed by atoms with E-state index < -0.39 is 5.97 Å². The van der Waals surface area contributed by atoms with Gasteiger partial charge in [-0.25, -0.2) is 4.79 Å². The number of rotatable bonds is 4. The molecule has 0 aliphatic heterocycles. The zero-order valence-electron chi connectivity index (χ0n) is 11.8. The number of esters is 1. The number of aryl methyl sites for hydroxylation is 1. The Labute approximate surface area is 117 Å². The molecule has 0 saturated heterocycles. The van der Waals surface area contributed by atoms with Crippen LogP contribution in [-0.2, 0) is 4.74 Å². The number of hydrogen-bond acceptors (Lipinski definition) is 4. The summed E-state index contributed by atoms with van der Waals surface area (Å²) < 4.78 is 11.9. The number of carbonyl (C=O) groups excluding carboxylic acids is 1.